The number of amides is 2. The zero-order valence-corrected chi connectivity index (χ0v) is 17.9. The molecule has 0 aromatic heterocycles. The highest BCUT2D eigenvalue weighted by Crippen LogP contribution is 2.37. The Hall–Kier alpha value is -3.13. The van der Waals surface area contributed by atoms with Crippen LogP contribution in [0, 0.1) is 5.92 Å². The van der Waals surface area contributed by atoms with Crippen molar-refractivity contribution in [1.29, 1.82) is 0 Å². The third kappa shape index (κ3) is 5.14. The zero-order chi connectivity index (χ0) is 21.8. The number of ether oxygens (including phenoxy) is 2. The molecule has 0 radical (unpaired) electrons. The summed E-state index contributed by atoms with van der Waals surface area (Å²) in [5.74, 6) is 1.75. The van der Waals surface area contributed by atoms with Gasteiger partial charge in [-0.3, -0.25) is 9.59 Å². The lowest BCUT2D eigenvalue weighted by molar-refractivity contribution is -0.123. The van der Waals surface area contributed by atoms with Crippen LogP contribution >= 0.6 is 11.8 Å². The van der Waals surface area contributed by atoms with Crippen LogP contribution in [0.2, 0.25) is 0 Å². The van der Waals surface area contributed by atoms with Crippen LogP contribution in [-0.4, -0.2) is 41.9 Å². The minimum absolute atomic E-state index is 0.142. The van der Waals surface area contributed by atoms with Crippen LogP contribution in [0.4, 0.5) is 5.69 Å². The number of phenols is 1. The number of hydrogen-bond donors (Lipinski definition) is 3. The van der Waals surface area contributed by atoms with E-state index in [4.69, 9.17) is 9.47 Å². The molecular weight excluding hydrogens is 416 g/mol. The van der Waals surface area contributed by atoms with E-state index in [1.807, 2.05) is 6.08 Å². The summed E-state index contributed by atoms with van der Waals surface area (Å²) in [7, 11) is 0. The number of carbonyl (C=O) groups excluding carboxylic acids is 2. The summed E-state index contributed by atoms with van der Waals surface area (Å²) >= 11 is 1.49. The second-order valence-electron chi connectivity index (χ2n) is 7.53. The van der Waals surface area contributed by atoms with E-state index in [0.29, 0.717) is 41.2 Å². The number of anilines is 1. The smallest absolute Gasteiger partial charge is 0.258 e. The Bertz CT molecular complexity index is 1010. The van der Waals surface area contributed by atoms with Gasteiger partial charge in [-0.25, -0.2) is 0 Å². The van der Waals surface area contributed by atoms with E-state index in [9.17, 15) is 14.7 Å². The topological polar surface area (TPSA) is 96.9 Å². The van der Waals surface area contributed by atoms with Crippen molar-refractivity contribution in [3.8, 4) is 17.2 Å². The molecule has 2 atom stereocenters. The van der Waals surface area contributed by atoms with Gasteiger partial charge in [-0.2, -0.15) is 0 Å². The fourth-order valence-corrected chi connectivity index (χ4v) is 4.47. The molecule has 31 heavy (non-hydrogen) atoms. The number of carbonyl (C=O) groups is 2. The lowest BCUT2D eigenvalue weighted by Gasteiger charge is -2.23. The largest absolute Gasteiger partial charge is 0.508 e. The van der Waals surface area contributed by atoms with E-state index < -0.39 is 6.04 Å². The first-order valence-electron chi connectivity index (χ1n) is 10.1. The van der Waals surface area contributed by atoms with Crippen molar-refractivity contribution in [2.45, 2.75) is 19.4 Å². The molecule has 162 valence electrons. The predicted molar refractivity (Wildman–Crippen MR) is 120 cm³/mol. The molecule has 0 spiro atoms. The zero-order valence-electron chi connectivity index (χ0n) is 17.1. The average molecular weight is 441 g/mol. The van der Waals surface area contributed by atoms with Crippen LogP contribution in [0.25, 0.3) is 0 Å². The van der Waals surface area contributed by atoms with E-state index in [0.717, 1.165) is 11.3 Å². The first-order valence-corrected chi connectivity index (χ1v) is 11.1. The lowest BCUT2D eigenvalue weighted by Crippen LogP contribution is -2.45. The average Bonchev–Trinajstić information content (AvgIpc) is 3.21. The van der Waals surface area contributed by atoms with Gasteiger partial charge in [0.2, 0.25) is 5.91 Å². The van der Waals surface area contributed by atoms with E-state index in [1.54, 1.807) is 42.5 Å². The molecule has 2 heterocycles. The molecule has 0 bridgehead atoms. The number of allylic oxidation sites excluding steroid dienone is 1. The molecular formula is C23H24N2O5S. The van der Waals surface area contributed by atoms with Crippen molar-refractivity contribution in [2.75, 3.05) is 24.3 Å². The summed E-state index contributed by atoms with van der Waals surface area (Å²) in [5, 5.41) is 15.3. The predicted octanol–water partition coefficient (Wildman–Crippen LogP) is 3.10. The third-order valence-electron chi connectivity index (χ3n) is 4.98. The van der Waals surface area contributed by atoms with Gasteiger partial charge in [-0.05, 0) is 35.7 Å². The van der Waals surface area contributed by atoms with Crippen LogP contribution in [-0.2, 0) is 16.0 Å². The first kappa shape index (κ1) is 21.1. The molecule has 2 aromatic carbocycles. The van der Waals surface area contributed by atoms with Gasteiger partial charge in [0.1, 0.15) is 25.0 Å². The molecule has 2 aromatic rings. The fraction of sp³-hybridized carbons (Fsp3) is 0.304. The van der Waals surface area contributed by atoms with Gasteiger partial charge < -0.3 is 25.2 Å². The molecule has 2 aliphatic rings. The van der Waals surface area contributed by atoms with Crippen LogP contribution in [0.1, 0.15) is 12.5 Å². The maximum Gasteiger partial charge on any atom is 0.258 e. The molecule has 4 rings (SSSR count). The highest BCUT2D eigenvalue weighted by atomic mass is 32.2. The van der Waals surface area contributed by atoms with E-state index in [-0.39, 0.29) is 24.0 Å². The number of hydrogen-bond acceptors (Lipinski definition) is 6. The minimum atomic E-state index is -0.810. The molecule has 8 heteroatoms. The van der Waals surface area contributed by atoms with Crippen molar-refractivity contribution in [1.82, 2.24) is 5.32 Å². The van der Waals surface area contributed by atoms with Gasteiger partial charge in [-0.1, -0.05) is 31.2 Å². The third-order valence-corrected chi connectivity index (χ3v) is 6.31. The molecule has 7 nitrogen and oxygen atoms in total. The Morgan fingerprint density at radius 3 is 2.68 bits per heavy atom. The van der Waals surface area contributed by atoms with Crippen LogP contribution in [0.15, 0.2) is 53.4 Å². The van der Waals surface area contributed by atoms with Crippen LogP contribution in [0.5, 0.6) is 17.2 Å². The van der Waals surface area contributed by atoms with Gasteiger partial charge in [-0.15, -0.1) is 11.8 Å². The summed E-state index contributed by atoms with van der Waals surface area (Å²) in [4.78, 5) is 26.6. The highest BCUT2D eigenvalue weighted by Gasteiger charge is 2.27. The van der Waals surface area contributed by atoms with Crippen molar-refractivity contribution in [2.24, 2.45) is 5.92 Å². The summed E-state index contributed by atoms with van der Waals surface area (Å²) in [6, 6.07) is 11.1. The van der Waals surface area contributed by atoms with Gasteiger partial charge >= 0.3 is 0 Å². The monoisotopic (exact) mass is 440 g/mol. The Morgan fingerprint density at radius 2 is 1.94 bits per heavy atom. The van der Waals surface area contributed by atoms with Crippen molar-refractivity contribution in [3.63, 3.8) is 0 Å². The lowest BCUT2D eigenvalue weighted by atomic mass is 10.0. The maximum atomic E-state index is 13.2. The number of para-hydroxylation sites is 1. The summed E-state index contributed by atoms with van der Waals surface area (Å²) in [6.45, 7) is 2.90. The summed E-state index contributed by atoms with van der Waals surface area (Å²) in [5.41, 5.74) is 1.31. The number of phenolic OH excluding ortho intramolecular Hbond substituents is 1. The number of nitrogens with one attached hydrogen (secondary N) is 2. The molecule has 0 fully saturated rings. The van der Waals surface area contributed by atoms with Crippen LogP contribution in [0.3, 0.4) is 0 Å². The summed E-state index contributed by atoms with van der Waals surface area (Å²) < 4.78 is 11.2. The molecule has 0 saturated carbocycles. The van der Waals surface area contributed by atoms with Crippen molar-refractivity contribution >= 4 is 29.3 Å². The number of thioether (sulfide) groups is 1. The second kappa shape index (κ2) is 9.34. The van der Waals surface area contributed by atoms with Crippen molar-refractivity contribution < 1.29 is 24.2 Å². The molecule has 0 saturated heterocycles. The molecule has 2 unspecified atom stereocenters. The molecule has 2 amide bonds. The SMILES string of the molecule is CC1C=C(C(=O)NC(Cc2ccc(O)cc2)C(=O)Nc2cccc3c2OCCO3)SC1. The second-order valence-corrected chi connectivity index (χ2v) is 8.60. The van der Waals surface area contributed by atoms with Gasteiger partial charge in [0.25, 0.3) is 5.91 Å². The minimum Gasteiger partial charge on any atom is -0.508 e. The van der Waals surface area contributed by atoms with Gasteiger partial charge in [0, 0.05) is 12.2 Å². The molecule has 0 aliphatic carbocycles. The van der Waals surface area contributed by atoms with Gasteiger partial charge in [0.15, 0.2) is 11.5 Å². The molecule has 3 N–H and O–H groups in total. The fourth-order valence-electron chi connectivity index (χ4n) is 3.42. The standard InChI is InChI=1S/C23H24N2O5S/c1-14-11-20(31-13-14)23(28)25-18(12-15-5-7-16(26)8-6-15)22(27)24-17-3-2-4-19-21(17)30-10-9-29-19/h2-8,11,14,18,26H,9-10,12-13H2,1H3,(H,24,27)(H,25,28). The Balaban J connectivity index is 1.54. The van der Waals surface area contributed by atoms with Crippen molar-refractivity contribution in [3.05, 3.63) is 59.0 Å². The number of rotatable bonds is 6. The molecule has 2 aliphatic heterocycles. The maximum absolute atomic E-state index is 13.2. The Kier molecular flexibility index (Phi) is 6.36. The highest BCUT2D eigenvalue weighted by molar-refractivity contribution is 8.04. The Labute approximate surface area is 184 Å². The summed E-state index contributed by atoms with van der Waals surface area (Å²) in [6.07, 6.45) is 2.20. The first-order chi connectivity index (χ1) is 15.0. The van der Waals surface area contributed by atoms with Gasteiger partial charge in [0.05, 0.1) is 10.6 Å². The quantitative estimate of drug-likeness (QED) is 0.639. The number of benzene rings is 2. The number of aromatic hydroxyl groups is 1. The van der Waals surface area contributed by atoms with E-state index in [2.05, 4.69) is 17.6 Å². The Morgan fingerprint density at radius 1 is 1.16 bits per heavy atom. The van der Waals surface area contributed by atoms with E-state index >= 15 is 0 Å². The van der Waals surface area contributed by atoms with Crippen LogP contribution < -0.4 is 20.1 Å². The number of fused-ring (bicyclic) bond motifs is 1. The normalized spacial score (nSPS) is 18.1. The van der Waals surface area contributed by atoms with E-state index in [1.165, 1.54) is 11.8 Å².